The van der Waals surface area contributed by atoms with Crippen molar-refractivity contribution in [2.75, 3.05) is 13.6 Å². The molecule has 0 radical (unpaired) electrons. The number of likely N-dealkylation sites (N-methyl/N-ethyl adjacent to an activating group) is 1. The van der Waals surface area contributed by atoms with Gasteiger partial charge in [0.05, 0.1) is 0 Å². The number of hydrogen-bond donors (Lipinski definition) is 1. The van der Waals surface area contributed by atoms with Crippen molar-refractivity contribution in [2.24, 2.45) is 11.7 Å². The number of aryl methyl sites for hydroxylation is 1. The summed E-state index contributed by atoms with van der Waals surface area (Å²) in [4.78, 5) is 2.47. The minimum atomic E-state index is 0.267. The van der Waals surface area contributed by atoms with Gasteiger partial charge in [-0.05, 0) is 49.9 Å². The Morgan fingerprint density at radius 2 is 2.15 bits per heavy atom. The summed E-state index contributed by atoms with van der Waals surface area (Å²) in [5, 5.41) is 0.839. The zero-order valence-electron chi connectivity index (χ0n) is 12.9. The van der Waals surface area contributed by atoms with Crippen LogP contribution in [0.2, 0.25) is 5.02 Å². The first-order valence-electron chi connectivity index (χ1n) is 7.71. The summed E-state index contributed by atoms with van der Waals surface area (Å²) in [6.07, 6.45) is 5.28. The second-order valence-electron chi connectivity index (χ2n) is 6.35. The topological polar surface area (TPSA) is 29.3 Å². The Kier molecular flexibility index (Phi) is 5.48. The van der Waals surface area contributed by atoms with Crippen LogP contribution in [-0.4, -0.2) is 24.5 Å². The lowest BCUT2D eigenvalue weighted by molar-refractivity contribution is 0.121. The van der Waals surface area contributed by atoms with E-state index in [0.29, 0.717) is 12.6 Å². The molecule has 1 fully saturated rings. The van der Waals surface area contributed by atoms with Gasteiger partial charge in [-0.3, -0.25) is 4.90 Å². The maximum Gasteiger partial charge on any atom is 0.0470 e. The molecule has 20 heavy (non-hydrogen) atoms. The first kappa shape index (κ1) is 15.8. The molecule has 0 aliphatic heterocycles. The summed E-state index contributed by atoms with van der Waals surface area (Å²) in [5.41, 5.74) is 8.42. The number of hydrogen-bond acceptors (Lipinski definition) is 2. The minimum Gasteiger partial charge on any atom is -0.329 e. The van der Waals surface area contributed by atoms with Crippen LogP contribution in [0.15, 0.2) is 18.2 Å². The fourth-order valence-corrected chi connectivity index (χ4v) is 3.57. The lowest BCUT2D eigenvalue weighted by atomic mass is 9.85. The van der Waals surface area contributed by atoms with Crippen molar-refractivity contribution in [3.8, 4) is 0 Å². The fourth-order valence-electron chi connectivity index (χ4n) is 3.38. The molecule has 1 aliphatic carbocycles. The molecule has 112 valence electrons. The predicted octanol–water partition coefficient (Wildman–Crippen LogP) is 4.16. The van der Waals surface area contributed by atoms with Gasteiger partial charge in [0, 0.05) is 23.7 Å². The molecule has 1 aromatic rings. The van der Waals surface area contributed by atoms with Crippen LogP contribution in [0, 0.1) is 12.8 Å². The van der Waals surface area contributed by atoms with Crippen molar-refractivity contribution in [3.63, 3.8) is 0 Å². The molecule has 0 heterocycles. The van der Waals surface area contributed by atoms with Gasteiger partial charge in [-0.25, -0.2) is 0 Å². The van der Waals surface area contributed by atoms with E-state index in [0.717, 1.165) is 16.5 Å². The fraction of sp³-hybridized carbons (Fsp3) is 0.647. The summed E-state index contributed by atoms with van der Waals surface area (Å²) in [6.45, 7) is 5.04. The first-order valence-corrected chi connectivity index (χ1v) is 8.08. The predicted molar refractivity (Wildman–Crippen MR) is 87.2 cm³/mol. The van der Waals surface area contributed by atoms with E-state index in [-0.39, 0.29) is 6.04 Å². The van der Waals surface area contributed by atoms with Crippen molar-refractivity contribution < 1.29 is 0 Å². The third-order valence-electron chi connectivity index (χ3n) is 4.78. The zero-order chi connectivity index (χ0) is 14.7. The quantitative estimate of drug-likeness (QED) is 0.903. The van der Waals surface area contributed by atoms with Crippen LogP contribution in [0.25, 0.3) is 0 Å². The van der Waals surface area contributed by atoms with Gasteiger partial charge in [-0.2, -0.15) is 0 Å². The van der Waals surface area contributed by atoms with Gasteiger partial charge in [0.2, 0.25) is 0 Å². The Bertz CT molecular complexity index is 447. The van der Waals surface area contributed by atoms with Crippen LogP contribution >= 0.6 is 11.6 Å². The van der Waals surface area contributed by atoms with Crippen molar-refractivity contribution in [3.05, 3.63) is 34.3 Å². The van der Waals surface area contributed by atoms with E-state index in [1.54, 1.807) is 0 Å². The Hall–Kier alpha value is -0.570. The zero-order valence-corrected chi connectivity index (χ0v) is 13.7. The normalized spacial score (nSPS) is 24.9. The highest BCUT2D eigenvalue weighted by Gasteiger charge is 2.27. The molecule has 3 unspecified atom stereocenters. The Morgan fingerprint density at radius 1 is 1.40 bits per heavy atom. The van der Waals surface area contributed by atoms with E-state index < -0.39 is 0 Å². The number of nitrogens with two attached hydrogens (primary N) is 1. The molecule has 0 saturated heterocycles. The van der Waals surface area contributed by atoms with Gasteiger partial charge in [0.15, 0.2) is 0 Å². The van der Waals surface area contributed by atoms with Crippen LogP contribution in [0.3, 0.4) is 0 Å². The van der Waals surface area contributed by atoms with E-state index in [4.69, 9.17) is 17.3 Å². The molecule has 0 amide bonds. The molecule has 0 bridgehead atoms. The lowest BCUT2D eigenvalue weighted by Gasteiger charge is -2.39. The average Bonchev–Trinajstić information content (AvgIpc) is 2.43. The standard InChI is InChI=1S/C17H27ClN2/c1-12-5-4-6-15(9-12)20(3)17(11-19)14-8-7-13(2)16(18)10-14/h7-8,10,12,15,17H,4-6,9,11,19H2,1-3H3. The third kappa shape index (κ3) is 3.55. The molecule has 1 aromatic carbocycles. The lowest BCUT2D eigenvalue weighted by Crippen LogP contribution is -2.41. The summed E-state index contributed by atoms with van der Waals surface area (Å²) in [7, 11) is 2.22. The maximum atomic E-state index is 6.27. The highest BCUT2D eigenvalue weighted by Crippen LogP contribution is 2.32. The van der Waals surface area contributed by atoms with Crippen LogP contribution in [0.4, 0.5) is 0 Å². The molecule has 0 spiro atoms. The molecule has 3 atom stereocenters. The Morgan fingerprint density at radius 3 is 2.75 bits per heavy atom. The van der Waals surface area contributed by atoms with Crippen molar-refractivity contribution in [1.29, 1.82) is 0 Å². The van der Waals surface area contributed by atoms with Crippen molar-refractivity contribution >= 4 is 11.6 Å². The summed E-state index contributed by atoms with van der Waals surface area (Å²) in [6, 6.07) is 7.26. The average molecular weight is 295 g/mol. The Labute approximate surface area is 128 Å². The highest BCUT2D eigenvalue weighted by molar-refractivity contribution is 6.31. The number of halogens is 1. The number of benzene rings is 1. The Balaban J connectivity index is 2.15. The molecule has 2 N–H and O–H groups in total. The van der Waals surface area contributed by atoms with Crippen LogP contribution in [0.5, 0.6) is 0 Å². The summed E-state index contributed by atoms with van der Waals surface area (Å²) in [5.74, 6) is 0.830. The molecule has 3 heteroatoms. The van der Waals surface area contributed by atoms with Crippen LogP contribution < -0.4 is 5.73 Å². The smallest absolute Gasteiger partial charge is 0.0470 e. The monoisotopic (exact) mass is 294 g/mol. The molecule has 1 aliphatic rings. The summed E-state index contributed by atoms with van der Waals surface area (Å²) < 4.78 is 0. The van der Waals surface area contributed by atoms with Crippen LogP contribution in [0.1, 0.15) is 49.8 Å². The first-order chi connectivity index (χ1) is 9.52. The molecule has 2 nitrogen and oxygen atoms in total. The summed E-state index contributed by atoms with van der Waals surface area (Å²) >= 11 is 6.27. The van der Waals surface area contributed by atoms with E-state index >= 15 is 0 Å². The molecular weight excluding hydrogens is 268 g/mol. The van der Waals surface area contributed by atoms with Crippen LogP contribution in [-0.2, 0) is 0 Å². The van der Waals surface area contributed by atoms with E-state index in [9.17, 15) is 0 Å². The van der Waals surface area contributed by atoms with Gasteiger partial charge in [0.25, 0.3) is 0 Å². The molecule has 0 aromatic heterocycles. The van der Waals surface area contributed by atoms with Gasteiger partial charge in [-0.1, -0.05) is 43.5 Å². The van der Waals surface area contributed by atoms with E-state index in [2.05, 4.69) is 37.1 Å². The maximum absolute atomic E-state index is 6.27. The van der Waals surface area contributed by atoms with Gasteiger partial charge in [-0.15, -0.1) is 0 Å². The molecule has 1 saturated carbocycles. The van der Waals surface area contributed by atoms with E-state index in [1.165, 1.54) is 31.2 Å². The van der Waals surface area contributed by atoms with Gasteiger partial charge >= 0.3 is 0 Å². The largest absolute Gasteiger partial charge is 0.329 e. The molecular formula is C17H27ClN2. The number of rotatable bonds is 4. The minimum absolute atomic E-state index is 0.267. The van der Waals surface area contributed by atoms with Crippen molar-refractivity contribution in [1.82, 2.24) is 4.90 Å². The second-order valence-corrected chi connectivity index (χ2v) is 6.76. The van der Waals surface area contributed by atoms with Gasteiger partial charge < -0.3 is 5.73 Å². The van der Waals surface area contributed by atoms with E-state index in [1.807, 2.05) is 6.92 Å². The van der Waals surface area contributed by atoms with Crippen molar-refractivity contribution in [2.45, 2.75) is 51.6 Å². The van der Waals surface area contributed by atoms with Gasteiger partial charge in [0.1, 0.15) is 0 Å². The molecule has 2 rings (SSSR count). The highest BCUT2D eigenvalue weighted by atomic mass is 35.5. The second kappa shape index (κ2) is 6.93. The third-order valence-corrected chi connectivity index (χ3v) is 5.19. The SMILES string of the molecule is Cc1ccc(C(CN)N(C)C2CCCC(C)C2)cc1Cl. The number of nitrogens with zero attached hydrogens (tertiary/aromatic N) is 1.